The standard InChI is InChI=1S/C14H18O5/c1-9-13(11(15)8-12(17-2)18-9)19-14(16)10-6-4-3-5-7-10/h3-7,9,11-13,15H,8H2,1-2H3/t9-,11+,12-,13-/m1/s1. The average Bonchev–Trinajstić information content (AvgIpc) is 2.43. The Balaban J connectivity index is 2.01. The van der Waals surface area contributed by atoms with Crippen molar-refractivity contribution in [1.82, 2.24) is 0 Å². The summed E-state index contributed by atoms with van der Waals surface area (Å²) in [5.41, 5.74) is 0.454. The van der Waals surface area contributed by atoms with Crippen molar-refractivity contribution in [2.24, 2.45) is 0 Å². The molecule has 2 rings (SSSR count). The number of benzene rings is 1. The molecule has 0 spiro atoms. The van der Waals surface area contributed by atoms with Crippen LogP contribution in [0.1, 0.15) is 23.7 Å². The number of esters is 1. The van der Waals surface area contributed by atoms with Crippen molar-refractivity contribution in [3.63, 3.8) is 0 Å². The Hall–Kier alpha value is -1.43. The molecule has 1 N–H and O–H groups in total. The highest BCUT2D eigenvalue weighted by Crippen LogP contribution is 2.23. The van der Waals surface area contributed by atoms with Gasteiger partial charge in [0.1, 0.15) is 0 Å². The third kappa shape index (κ3) is 3.32. The van der Waals surface area contributed by atoms with Crippen molar-refractivity contribution < 1.29 is 24.1 Å². The van der Waals surface area contributed by atoms with Crippen LogP contribution in [0.2, 0.25) is 0 Å². The summed E-state index contributed by atoms with van der Waals surface area (Å²) in [5, 5.41) is 10.00. The molecule has 0 bridgehead atoms. The van der Waals surface area contributed by atoms with Gasteiger partial charge >= 0.3 is 5.97 Å². The van der Waals surface area contributed by atoms with E-state index in [1.807, 2.05) is 6.07 Å². The first-order chi connectivity index (χ1) is 9.11. The molecule has 0 unspecified atom stereocenters. The topological polar surface area (TPSA) is 65.0 Å². The van der Waals surface area contributed by atoms with Gasteiger partial charge in [0.2, 0.25) is 0 Å². The highest BCUT2D eigenvalue weighted by atomic mass is 16.7. The molecule has 0 radical (unpaired) electrons. The Bertz CT molecular complexity index is 407. The minimum absolute atomic E-state index is 0.285. The zero-order valence-electron chi connectivity index (χ0n) is 11.0. The van der Waals surface area contributed by atoms with E-state index in [9.17, 15) is 9.90 Å². The first-order valence-corrected chi connectivity index (χ1v) is 6.24. The molecule has 5 heteroatoms. The average molecular weight is 266 g/mol. The molecule has 1 heterocycles. The lowest BCUT2D eigenvalue weighted by Gasteiger charge is -2.36. The van der Waals surface area contributed by atoms with Gasteiger partial charge in [0.05, 0.1) is 17.8 Å². The highest BCUT2D eigenvalue weighted by molar-refractivity contribution is 5.89. The van der Waals surface area contributed by atoms with Gasteiger partial charge in [-0.05, 0) is 19.1 Å². The molecular formula is C14H18O5. The second-order valence-electron chi connectivity index (χ2n) is 4.55. The van der Waals surface area contributed by atoms with Crippen LogP contribution in [0, 0.1) is 0 Å². The molecule has 104 valence electrons. The van der Waals surface area contributed by atoms with Gasteiger partial charge < -0.3 is 19.3 Å². The molecule has 1 aromatic rings. The van der Waals surface area contributed by atoms with Crippen LogP contribution < -0.4 is 0 Å². The van der Waals surface area contributed by atoms with Crippen LogP contribution in [0.5, 0.6) is 0 Å². The zero-order chi connectivity index (χ0) is 13.8. The van der Waals surface area contributed by atoms with Gasteiger partial charge in [-0.3, -0.25) is 0 Å². The lowest BCUT2D eigenvalue weighted by Crippen LogP contribution is -2.49. The van der Waals surface area contributed by atoms with E-state index in [0.717, 1.165) is 0 Å². The predicted molar refractivity (Wildman–Crippen MR) is 67.6 cm³/mol. The lowest BCUT2D eigenvalue weighted by molar-refractivity contribution is -0.236. The molecule has 1 aliphatic rings. The van der Waals surface area contributed by atoms with Crippen LogP contribution in [-0.4, -0.2) is 42.8 Å². The summed E-state index contributed by atoms with van der Waals surface area (Å²) in [6, 6.07) is 8.67. The van der Waals surface area contributed by atoms with Crippen molar-refractivity contribution in [2.75, 3.05) is 7.11 Å². The second-order valence-corrected chi connectivity index (χ2v) is 4.55. The fourth-order valence-electron chi connectivity index (χ4n) is 2.11. The smallest absolute Gasteiger partial charge is 0.338 e. The molecular weight excluding hydrogens is 248 g/mol. The molecule has 0 amide bonds. The van der Waals surface area contributed by atoms with Gasteiger partial charge in [0.15, 0.2) is 12.4 Å². The molecule has 4 atom stereocenters. The number of aliphatic hydroxyl groups excluding tert-OH is 1. The van der Waals surface area contributed by atoms with Crippen molar-refractivity contribution in [3.8, 4) is 0 Å². The summed E-state index contributed by atoms with van der Waals surface area (Å²) >= 11 is 0. The summed E-state index contributed by atoms with van der Waals surface area (Å²) in [6.45, 7) is 1.75. The molecule has 0 aliphatic carbocycles. The molecule has 0 aromatic heterocycles. The summed E-state index contributed by atoms with van der Waals surface area (Å²) in [4.78, 5) is 11.9. The van der Waals surface area contributed by atoms with E-state index in [0.29, 0.717) is 5.56 Å². The summed E-state index contributed by atoms with van der Waals surface area (Å²) < 4.78 is 15.9. The number of carbonyl (C=O) groups excluding carboxylic acids is 1. The van der Waals surface area contributed by atoms with Crippen LogP contribution in [0.4, 0.5) is 0 Å². The van der Waals surface area contributed by atoms with Crippen molar-refractivity contribution in [2.45, 2.75) is 37.9 Å². The molecule has 0 saturated carbocycles. The fraction of sp³-hybridized carbons (Fsp3) is 0.500. The van der Waals surface area contributed by atoms with Crippen molar-refractivity contribution in [1.29, 1.82) is 0 Å². The van der Waals surface area contributed by atoms with E-state index in [2.05, 4.69) is 0 Å². The van der Waals surface area contributed by atoms with Gasteiger partial charge in [-0.25, -0.2) is 4.79 Å². The molecule has 1 aromatic carbocycles. The maximum atomic E-state index is 11.9. The third-order valence-corrected chi connectivity index (χ3v) is 3.16. The second kappa shape index (κ2) is 6.14. The van der Waals surface area contributed by atoms with Crippen molar-refractivity contribution >= 4 is 5.97 Å². The quantitative estimate of drug-likeness (QED) is 0.837. The molecule has 1 fully saturated rings. The number of ether oxygens (including phenoxy) is 3. The van der Waals surface area contributed by atoms with Crippen LogP contribution in [-0.2, 0) is 14.2 Å². The van der Waals surface area contributed by atoms with E-state index in [1.54, 1.807) is 31.2 Å². The van der Waals surface area contributed by atoms with Gasteiger partial charge in [-0.15, -0.1) is 0 Å². The van der Waals surface area contributed by atoms with E-state index in [-0.39, 0.29) is 6.42 Å². The lowest BCUT2D eigenvalue weighted by atomic mass is 10.0. The van der Waals surface area contributed by atoms with Crippen LogP contribution in [0.15, 0.2) is 30.3 Å². The fourth-order valence-corrected chi connectivity index (χ4v) is 2.11. The van der Waals surface area contributed by atoms with Gasteiger partial charge in [-0.2, -0.15) is 0 Å². The molecule has 1 saturated heterocycles. The minimum Gasteiger partial charge on any atom is -0.453 e. The Morgan fingerprint density at radius 1 is 1.37 bits per heavy atom. The number of aliphatic hydroxyl groups is 1. The SMILES string of the molecule is CO[C@H]1C[C@H](O)[C@H](OC(=O)c2ccccc2)[C@@H](C)O1. The highest BCUT2D eigenvalue weighted by Gasteiger charge is 2.38. The minimum atomic E-state index is -0.790. The Morgan fingerprint density at radius 2 is 2.05 bits per heavy atom. The number of methoxy groups -OCH3 is 1. The Kier molecular flexibility index (Phi) is 4.52. The van der Waals surface area contributed by atoms with E-state index >= 15 is 0 Å². The summed E-state index contributed by atoms with van der Waals surface area (Å²) in [6.07, 6.45) is -2.06. The number of hydrogen-bond acceptors (Lipinski definition) is 5. The maximum Gasteiger partial charge on any atom is 0.338 e. The number of rotatable bonds is 3. The van der Waals surface area contributed by atoms with Gasteiger partial charge in [0.25, 0.3) is 0 Å². The molecule has 19 heavy (non-hydrogen) atoms. The zero-order valence-corrected chi connectivity index (χ0v) is 11.0. The molecule has 5 nitrogen and oxygen atoms in total. The van der Waals surface area contributed by atoms with E-state index in [4.69, 9.17) is 14.2 Å². The van der Waals surface area contributed by atoms with E-state index < -0.39 is 30.6 Å². The monoisotopic (exact) mass is 266 g/mol. The largest absolute Gasteiger partial charge is 0.453 e. The van der Waals surface area contributed by atoms with Crippen LogP contribution >= 0.6 is 0 Å². The maximum absolute atomic E-state index is 11.9. The number of hydrogen-bond donors (Lipinski definition) is 1. The normalized spacial score (nSPS) is 30.9. The first kappa shape index (κ1) is 14.0. The summed E-state index contributed by atoms with van der Waals surface area (Å²) in [7, 11) is 1.51. The number of carbonyl (C=O) groups is 1. The molecule has 1 aliphatic heterocycles. The van der Waals surface area contributed by atoms with Crippen LogP contribution in [0.25, 0.3) is 0 Å². The first-order valence-electron chi connectivity index (χ1n) is 6.24. The van der Waals surface area contributed by atoms with Gasteiger partial charge in [-0.1, -0.05) is 18.2 Å². The van der Waals surface area contributed by atoms with E-state index in [1.165, 1.54) is 7.11 Å². The summed E-state index contributed by atoms with van der Waals surface area (Å²) in [5.74, 6) is -0.462. The predicted octanol–water partition coefficient (Wildman–Crippen LogP) is 1.35. The van der Waals surface area contributed by atoms with Crippen molar-refractivity contribution in [3.05, 3.63) is 35.9 Å². The Labute approximate surface area is 112 Å². The van der Waals surface area contributed by atoms with Gasteiger partial charge in [0, 0.05) is 13.5 Å². The third-order valence-electron chi connectivity index (χ3n) is 3.16. The van der Waals surface area contributed by atoms with Crippen LogP contribution in [0.3, 0.4) is 0 Å². The Morgan fingerprint density at radius 3 is 2.63 bits per heavy atom.